The van der Waals surface area contributed by atoms with Crippen LogP contribution >= 0.6 is 11.8 Å². The zero-order valence-corrected chi connectivity index (χ0v) is 11.4. The van der Waals surface area contributed by atoms with E-state index in [4.69, 9.17) is 4.74 Å². The van der Waals surface area contributed by atoms with E-state index in [1.807, 2.05) is 6.92 Å². The van der Waals surface area contributed by atoms with Crippen LogP contribution in [0.15, 0.2) is 10.7 Å². The van der Waals surface area contributed by atoms with Gasteiger partial charge >= 0.3 is 0 Å². The van der Waals surface area contributed by atoms with Crippen LogP contribution in [0.4, 0.5) is 0 Å². The summed E-state index contributed by atoms with van der Waals surface area (Å²) < 4.78 is 5.64. The maximum absolute atomic E-state index is 11.9. The van der Waals surface area contributed by atoms with Gasteiger partial charge in [0.25, 0.3) is 0 Å². The number of hydrogen-bond donors (Lipinski definition) is 0. The van der Waals surface area contributed by atoms with Crippen molar-refractivity contribution < 1.29 is 9.53 Å². The van der Waals surface area contributed by atoms with Gasteiger partial charge in [0.2, 0.25) is 5.78 Å². The number of carbonyl (C=O) groups is 1. The van der Waals surface area contributed by atoms with Crippen molar-refractivity contribution in [2.45, 2.75) is 58.1 Å². The minimum Gasteiger partial charge on any atom is -0.489 e. The number of rotatable bonds is 7. The fraction of sp³-hybridized carbons (Fsp3) is 0.769. The number of carbonyl (C=O) groups excluding carboxylic acids is 1. The number of ether oxygens (including phenoxy) is 1. The van der Waals surface area contributed by atoms with E-state index in [-0.39, 0.29) is 11.0 Å². The van der Waals surface area contributed by atoms with Crippen LogP contribution in [0, 0.1) is 0 Å². The van der Waals surface area contributed by atoms with Crippen LogP contribution in [-0.2, 0) is 9.53 Å². The first-order chi connectivity index (χ1) is 7.70. The molecule has 0 bridgehead atoms. The van der Waals surface area contributed by atoms with Crippen molar-refractivity contribution >= 4 is 17.5 Å². The number of thioether (sulfide) groups is 1. The third-order valence-electron chi connectivity index (χ3n) is 2.67. The lowest BCUT2D eigenvalue weighted by atomic mass is 10.2. The lowest BCUT2D eigenvalue weighted by molar-refractivity contribution is -0.117. The van der Waals surface area contributed by atoms with Gasteiger partial charge in [-0.05, 0) is 26.2 Å². The third kappa shape index (κ3) is 3.55. The lowest BCUT2D eigenvalue weighted by Gasteiger charge is -2.07. The summed E-state index contributed by atoms with van der Waals surface area (Å²) in [7, 11) is 0. The average Bonchev–Trinajstić information content (AvgIpc) is 2.54. The molecule has 16 heavy (non-hydrogen) atoms. The van der Waals surface area contributed by atoms with Gasteiger partial charge in [0.15, 0.2) is 5.76 Å². The number of allylic oxidation sites excluding steroid dienone is 2. The second-order valence-corrected chi connectivity index (χ2v) is 5.62. The van der Waals surface area contributed by atoms with Crippen LogP contribution in [0.3, 0.4) is 0 Å². The van der Waals surface area contributed by atoms with E-state index >= 15 is 0 Å². The van der Waals surface area contributed by atoms with Crippen LogP contribution in [0.2, 0.25) is 0 Å². The van der Waals surface area contributed by atoms with E-state index < -0.39 is 0 Å². The maximum Gasteiger partial charge on any atom is 0.211 e. The summed E-state index contributed by atoms with van der Waals surface area (Å²) in [6.45, 7) is 6.95. The van der Waals surface area contributed by atoms with E-state index in [1.54, 1.807) is 11.8 Å². The SMILES string of the molecule is CCCCOC1=C(CCCC)SC(C)C1=O. The quantitative estimate of drug-likeness (QED) is 0.633. The minimum absolute atomic E-state index is 0.0588. The molecule has 0 aromatic carbocycles. The first-order valence-corrected chi connectivity index (χ1v) is 7.15. The first kappa shape index (κ1) is 13.6. The third-order valence-corrected chi connectivity index (χ3v) is 3.91. The molecule has 1 heterocycles. The Labute approximate surface area is 103 Å². The van der Waals surface area contributed by atoms with Gasteiger partial charge in [0.1, 0.15) is 0 Å². The highest BCUT2D eigenvalue weighted by molar-refractivity contribution is 8.04. The lowest BCUT2D eigenvalue weighted by Crippen LogP contribution is -2.12. The zero-order valence-electron chi connectivity index (χ0n) is 10.5. The normalized spacial score (nSPS) is 20.7. The van der Waals surface area contributed by atoms with Crippen molar-refractivity contribution in [3.63, 3.8) is 0 Å². The second kappa shape index (κ2) is 7.00. The van der Waals surface area contributed by atoms with Crippen molar-refractivity contribution in [1.82, 2.24) is 0 Å². The van der Waals surface area contributed by atoms with Crippen LogP contribution in [0.5, 0.6) is 0 Å². The van der Waals surface area contributed by atoms with Crippen LogP contribution in [-0.4, -0.2) is 17.6 Å². The predicted octanol–water partition coefficient (Wildman–Crippen LogP) is 3.91. The monoisotopic (exact) mass is 242 g/mol. The Balaban J connectivity index is 2.58. The largest absolute Gasteiger partial charge is 0.489 e. The molecule has 1 aliphatic rings. The molecule has 0 saturated carbocycles. The smallest absolute Gasteiger partial charge is 0.211 e. The van der Waals surface area contributed by atoms with E-state index in [9.17, 15) is 4.79 Å². The summed E-state index contributed by atoms with van der Waals surface area (Å²) in [5.74, 6) is 0.853. The molecule has 1 aliphatic heterocycles. The molecule has 1 unspecified atom stereocenters. The van der Waals surface area contributed by atoms with Crippen LogP contribution in [0.1, 0.15) is 52.9 Å². The van der Waals surface area contributed by atoms with E-state index in [0.29, 0.717) is 12.4 Å². The Hall–Kier alpha value is -0.440. The molecule has 0 spiro atoms. The molecule has 0 amide bonds. The summed E-state index contributed by atoms with van der Waals surface area (Å²) in [5, 5.41) is 0.0588. The van der Waals surface area contributed by atoms with Gasteiger partial charge in [0, 0.05) is 4.91 Å². The van der Waals surface area contributed by atoms with Crippen molar-refractivity contribution in [1.29, 1.82) is 0 Å². The van der Waals surface area contributed by atoms with Gasteiger partial charge in [0.05, 0.1) is 11.9 Å². The van der Waals surface area contributed by atoms with Gasteiger partial charge in [-0.3, -0.25) is 4.79 Å². The topological polar surface area (TPSA) is 26.3 Å². The summed E-state index contributed by atoms with van der Waals surface area (Å²) in [4.78, 5) is 13.0. The van der Waals surface area contributed by atoms with Gasteiger partial charge in [-0.1, -0.05) is 26.7 Å². The average molecular weight is 242 g/mol. The van der Waals surface area contributed by atoms with Crippen molar-refractivity contribution in [2.75, 3.05) is 6.61 Å². The molecule has 3 heteroatoms. The zero-order chi connectivity index (χ0) is 12.0. The number of ketones is 1. The molecule has 0 N–H and O–H groups in total. The first-order valence-electron chi connectivity index (χ1n) is 6.27. The summed E-state index contributed by atoms with van der Waals surface area (Å²) >= 11 is 1.68. The molecular weight excluding hydrogens is 220 g/mol. The molecule has 0 fully saturated rings. The van der Waals surface area contributed by atoms with Crippen molar-refractivity contribution in [3.05, 3.63) is 10.7 Å². The molecule has 0 aliphatic carbocycles. The maximum atomic E-state index is 11.9. The Bertz CT molecular complexity index is 271. The second-order valence-electron chi connectivity index (χ2n) is 4.18. The molecule has 2 nitrogen and oxygen atoms in total. The standard InChI is InChI=1S/C13H22O2S/c1-4-6-8-11-13(15-9-7-5-2)12(14)10(3)16-11/h10H,4-9H2,1-3H3. The van der Waals surface area contributed by atoms with Gasteiger partial charge in [-0.25, -0.2) is 0 Å². The Morgan fingerprint density at radius 3 is 2.56 bits per heavy atom. The van der Waals surface area contributed by atoms with Gasteiger partial charge < -0.3 is 4.74 Å². The summed E-state index contributed by atoms with van der Waals surface area (Å²) in [6, 6.07) is 0. The minimum atomic E-state index is 0.0588. The molecule has 0 radical (unpaired) electrons. The predicted molar refractivity (Wildman–Crippen MR) is 69.5 cm³/mol. The van der Waals surface area contributed by atoms with E-state index in [1.165, 1.54) is 4.91 Å². The Morgan fingerprint density at radius 2 is 1.94 bits per heavy atom. The van der Waals surface area contributed by atoms with Crippen LogP contribution in [0.25, 0.3) is 0 Å². The molecule has 1 rings (SSSR count). The van der Waals surface area contributed by atoms with Crippen molar-refractivity contribution in [3.8, 4) is 0 Å². The molecule has 0 saturated heterocycles. The number of unbranched alkanes of at least 4 members (excludes halogenated alkanes) is 2. The Kier molecular flexibility index (Phi) is 5.96. The van der Waals surface area contributed by atoms with Gasteiger partial charge in [-0.2, -0.15) is 0 Å². The summed E-state index contributed by atoms with van der Waals surface area (Å²) in [5.41, 5.74) is 0. The highest BCUT2D eigenvalue weighted by Crippen LogP contribution is 2.38. The highest BCUT2D eigenvalue weighted by atomic mass is 32.2. The fourth-order valence-corrected chi connectivity index (χ4v) is 2.79. The van der Waals surface area contributed by atoms with E-state index in [0.717, 1.165) is 32.1 Å². The molecule has 0 aromatic rings. The van der Waals surface area contributed by atoms with Crippen molar-refractivity contribution in [2.24, 2.45) is 0 Å². The van der Waals surface area contributed by atoms with Gasteiger partial charge in [-0.15, -0.1) is 11.8 Å². The number of Topliss-reactive ketones (excluding diaryl/α,β-unsaturated/α-hetero) is 1. The van der Waals surface area contributed by atoms with Crippen LogP contribution < -0.4 is 0 Å². The summed E-state index contributed by atoms with van der Waals surface area (Å²) in [6.07, 6.45) is 5.43. The molecule has 92 valence electrons. The number of hydrogen-bond acceptors (Lipinski definition) is 3. The molecule has 0 aromatic heterocycles. The van der Waals surface area contributed by atoms with E-state index in [2.05, 4.69) is 13.8 Å². The Morgan fingerprint density at radius 1 is 1.25 bits per heavy atom. The molecular formula is C13H22O2S. The fourth-order valence-electron chi connectivity index (χ4n) is 1.62. The highest BCUT2D eigenvalue weighted by Gasteiger charge is 2.31. The molecule has 1 atom stereocenters.